The minimum Gasteiger partial charge on any atom is -0.362 e. The van der Waals surface area contributed by atoms with Crippen LogP contribution in [0.3, 0.4) is 0 Å². The Kier molecular flexibility index (Phi) is 4.67. The van der Waals surface area contributed by atoms with E-state index >= 15 is 0 Å². The number of rotatable bonds is 5. The number of thiophene rings is 1. The van der Waals surface area contributed by atoms with Gasteiger partial charge in [0, 0.05) is 26.2 Å². The van der Waals surface area contributed by atoms with E-state index in [-0.39, 0.29) is 17.6 Å². The van der Waals surface area contributed by atoms with Gasteiger partial charge in [-0.05, 0) is 66.3 Å². The van der Waals surface area contributed by atoms with Crippen LogP contribution in [0.5, 0.6) is 0 Å². The van der Waals surface area contributed by atoms with Crippen LogP contribution >= 0.6 is 11.3 Å². The summed E-state index contributed by atoms with van der Waals surface area (Å²) in [5.41, 5.74) is 1.33. The summed E-state index contributed by atoms with van der Waals surface area (Å²) in [6.07, 6.45) is 5.27. The highest BCUT2D eigenvalue weighted by Gasteiger charge is 2.48. The first kappa shape index (κ1) is 16.6. The summed E-state index contributed by atoms with van der Waals surface area (Å²) in [6, 6.07) is 2.21. The lowest BCUT2D eigenvalue weighted by Gasteiger charge is -2.44. The van der Waals surface area contributed by atoms with Gasteiger partial charge in [0.05, 0.1) is 5.60 Å². The van der Waals surface area contributed by atoms with Crippen LogP contribution in [0, 0.1) is 11.8 Å². The summed E-state index contributed by atoms with van der Waals surface area (Å²) in [7, 11) is 0. The van der Waals surface area contributed by atoms with Crippen molar-refractivity contribution in [1.29, 1.82) is 0 Å². The van der Waals surface area contributed by atoms with Crippen LogP contribution in [0.2, 0.25) is 0 Å². The lowest BCUT2D eigenvalue weighted by atomic mass is 9.80. The van der Waals surface area contributed by atoms with Gasteiger partial charge in [-0.25, -0.2) is 0 Å². The number of ether oxygens (including phenoxy) is 1. The van der Waals surface area contributed by atoms with Crippen molar-refractivity contribution in [2.75, 3.05) is 19.6 Å². The molecule has 1 aromatic heterocycles. The normalized spacial score (nSPS) is 33.9. The third kappa shape index (κ3) is 3.53. The van der Waals surface area contributed by atoms with Crippen LogP contribution in [0.15, 0.2) is 16.8 Å². The van der Waals surface area contributed by atoms with E-state index in [9.17, 15) is 4.79 Å². The molecule has 132 valence electrons. The number of hydrogen-bond donors (Lipinski definition) is 1. The second-order valence-electron chi connectivity index (χ2n) is 7.92. The predicted octanol–water partition coefficient (Wildman–Crippen LogP) is 3.03. The van der Waals surface area contributed by atoms with E-state index in [1.807, 2.05) is 0 Å². The molecule has 1 aliphatic carbocycles. The van der Waals surface area contributed by atoms with Crippen LogP contribution in [-0.4, -0.2) is 42.1 Å². The van der Waals surface area contributed by atoms with Gasteiger partial charge in [-0.1, -0.05) is 6.92 Å². The van der Waals surface area contributed by atoms with Gasteiger partial charge in [-0.15, -0.1) is 0 Å². The van der Waals surface area contributed by atoms with Gasteiger partial charge in [-0.2, -0.15) is 11.3 Å². The zero-order chi connectivity index (χ0) is 16.6. The number of piperidine rings is 1. The number of carbonyl (C=O) groups excluding carboxylic acids is 1. The Morgan fingerprint density at radius 3 is 3.00 bits per heavy atom. The Labute approximate surface area is 148 Å². The summed E-state index contributed by atoms with van der Waals surface area (Å²) in [6.45, 7) is 6.30. The molecule has 1 aromatic rings. The SMILES string of the molecule is C[C@@H]1CN(Cc2ccsc2)CC[C@@]12CCC(C(=O)NCC1CC1)O2. The minimum atomic E-state index is -0.227. The Morgan fingerprint density at radius 1 is 1.42 bits per heavy atom. The van der Waals surface area contributed by atoms with E-state index in [4.69, 9.17) is 4.74 Å². The maximum Gasteiger partial charge on any atom is 0.249 e. The number of amides is 1. The maximum absolute atomic E-state index is 12.3. The van der Waals surface area contributed by atoms with Crippen molar-refractivity contribution in [2.45, 2.75) is 57.3 Å². The fraction of sp³-hybridized carbons (Fsp3) is 0.737. The predicted molar refractivity (Wildman–Crippen MR) is 95.9 cm³/mol. The molecule has 5 heteroatoms. The number of nitrogens with zero attached hydrogens (tertiary/aromatic N) is 1. The van der Waals surface area contributed by atoms with Gasteiger partial charge >= 0.3 is 0 Å². The zero-order valence-corrected chi connectivity index (χ0v) is 15.3. The first-order chi connectivity index (χ1) is 11.6. The first-order valence-electron chi connectivity index (χ1n) is 9.33. The number of carbonyl (C=O) groups is 1. The number of likely N-dealkylation sites (tertiary alicyclic amines) is 1. The van der Waals surface area contributed by atoms with E-state index in [0.717, 1.165) is 51.4 Å². The molecular weight excluding hydrogens is 320 g/mol. The van der Waals surface area contributed by atoms with Crippen LogP contribution in [0.4, 0.5) is 0 Å². The molecule has 24 heavy (non-hydrogen) atoms. The highest BCUT2D eigenvalue weighted by Crippen LogP contribution is 2.42. The van der Waals surface area contributed by atoms with Crippen molar-refractivity contribution in [3.63, 3.8) is 0 Å². The van der Waals surface area contributed by atoms with Crippen LogP contribution in [-0.2, 0) is 16.1 Å². The molecule has 3 heterocycles. The lowest BCUT2D eigenvalue weighted by Crippen LogP contribution is -2.51. The minimum absolute atomic E-state index is 0.0767. The molecule has 3 fully saturated rings. The second-order valence-corrected chi connectivity index (χ2v) is 8.70. The average molecular weight is 349 g/mol. The van der Waals surface area contributed by atoms with E-state index in [1.54, 1.807) is 11.3 Å². The van der Waals surface area contributed by atoms with E-state index < -0.39 is 0 Å². The number of nitrogens with one attached hydrogen (secondary N) is 1. The Morgan fingerprint density at radius 2 is 2.29 bits per heavy atom. The molecule has 2 saturated heterocycles. The highest BCUT2D eigenvalue weighted by molar-refractivity contribution is 7.07. The maximum atomic E-state index is 12.3. The van der Waals surface area contributed by atoms with Crippen molar-refractivity contribution in [3.05, 3.63) is 22.4 Å². The fourth-order valence-electron chi connectivity index (χ4n) is 4.21. The Balaban J connectivity index is 1.30. The topological polar surface area (TPSA) is 41.6 Å². The second kappa shape index (κ2) is 6.77. The van der Waals surface area contributed by atoms with E-state index in [2.05, 4.69) is 34.0 Å². The quantitative estimate of drug-likeness (QED) is 0.889. The molecule has 1 spiro atoms. The van der Waals surface area contributed by atoms with E-state index in [1.165, 1.54) is 18.4 Å². The molecule has 3 atom stereocenters. The molecule has 1 N–H and O–H groups in total. The van der Waals surface area contributed by atoms with Crippen molar-refractivity contribution >= 4 is 17.2 Å². The van der Waals surface area contributed by atoms with Crippen molar-refractivity contribution in [3.8, 4) is 0 Å². The van der Waals surface area contributed by atoms with E-state index in [0.29, 0.717) is 5.92 Å². The summed E-state index contributed by atoms with van der Waals surface area (Å²) in [5.74, 6) is 1.32. The lowest BCUT2D eigenvalue weighted by molar-refractivity contribution is -0.147. The fourth-order valence-corrected chi connectivity index (χ4v) is 4.87. The molecule has 1 unspecified atom stereocenters. The molecule has 1 saturated carbocycles. The molecule has 2 aliphatic heterocycles. The molecule has 1 amide bonds. The molecule has 0 bridgehead atoms. The van der Waals surface area contributed by atoms with Gasteiger partial charge in [0.25, 0.3) is 0 Å². The Hall–Kier alpha value is -0.910. The summed E-state index contributed by atoms with van der Waals surface area (Å²) in [5, 5.41) is 7.47. The van der Waals surface area contributed by atoms with Gasteiger partial charge in [0.15, 0.2) is 0 Å². The van der Waals surface area contributed by atoms with Gasteiger partial charge in [-0.3, -0.25) is 9.69 Å². The van der Waals surface area contributed by atoms with Gasteiger partial charge < -0.3 is 10.1 Å². The summed E-state index contributed by atoms with van der Waals surface area (Å²) >= 11 is 1.77. The molecular formula is C19H28N2O2S. The van der Waals surface area contributed by atoms with Crippen molar-refractivity contribution in [1.82, 2.24) is 10.2 Å². The highest BCUT2D eigenvalue weighted by atomic mass is 32.1. The molecule has 4 rings (SSSR count). The van der Waals surface area contributed by atoms with Crippen LogP contribution in [0.25, 0.3) is 0 Å². The third-order valence-corrected chi connectivity index (χ3v) is 6.76. The average Bonchev–Trinajstić information content (AvgIpc) is 3.07. The van der Waals surface area contributed by atoms with Crippen molar-refractivity contribution < 1.29 is 9.53 Å². The first-order valence-corrected chi connectivity index (χ1v) is 10.3. The smallest absolute Gasteiger partial charge is 0.249 e. The summed E-state index contributed by atoms with van der Waals surface area (Å²) < 4.78 is 6.36. The van der Waals surface area contributed by atoms with Gasteiger partial charge in [0.1, 0.15) is 6.10 Å². The molecule has 4 nitrogen and oxygen atoms in total. The summed E-state index contributed by atoms with van der Waals surface area (Å²) in [4.78, 5) is 14.9. The molecule has 0 aromatic carbocycles. The Bertz CT molecular complexity index is 572. The standard InChI is InChI=1S/C19H28N2O2S/c1-14-11-21(12-16-5-9-24-13-16)8-7-19(14)6-4-17(23-19)18(22)20-10-15-2-3-15/h5,9,13-15,17H,2-4,6-8,10-12H2,1H3,(H,20,22)/t14-,17?,19+/m1/s1. The third-order valence-electron chi connectivity index (χ3n) is 6.03. The monoisotopic (exact) mass is 348 g/mol. The van der Waals surface area contributed by atoms with Crippen LogP contribution in [0.1, 0.15) is 44.6 Å². The molecule has 0 radical (unpaired) electrons. The van der Waals surface area contributed by atoms with Crippen LogP contribution < -0.4 is 5.32 Å². The van der Waals surface area contributed by atoms with Gasteiger partial charge in [0.2, 0.25) is 5.91 Å². The largest absolute Gasteiger partial charge is 0.362 e. The number of hydrogen-bond acceptors (Lipinski definition) is 4. The van der Waals surface area contributed by atoms with Crippen molar-refractivity contribution in [2.24, 2.45) is 11.8 Å². The molecule has 3 aliphatic rings. The zero-order valence-electron chi connectivity index (χ0n) is 14.5.